The number of nitrogens with one attached hydrogen (secondary N) is 1. The Morgan fingerprint density at radius 3 is 2.11 bits per heavy atom. The molecular formula is C15H21N3. The molecule has 0 saturated carbocycles. The maximum atomic E-state index is 4.47. The van der Waals surface area contributed by atoms with E-state index in [0.717, 1.165) is 5.69 Å². The molecule has 0 saturated heterocycles. The smallest absolute Gasteiger partial charge is 0.0839 e. The molecule has 0 aliphatic rings. The Kier molecular flexibility index (Phi) is 3.82. The van der Waals surface area contributed by atoms with Gasteiger partial charge in [0.25, 0.3) is 0 Å². The Bertz CT molecular complexity index is 497. The van der Waals surface area contributed by atoms with Gasteiger partial charge in [-0.3, -0.25) is 4.68 Å². The van der Waals surface area contributed by atoms with Crippen LogP contribution in [0.5, 0.6) is 0 Å². The lowest BCUT2D eigenvalue weighted by atomic mass is 9.98. The molecule has 0 aliphatic heterocycles. The van der Waals surface area contributed by atoms with Crippen molar-refractivity contribution in [3.05, 3.63) is 53.3 Å². The van der Waals surface area contributed by atoms with E-state index in [1.165, 1.54) is 11.1 Å². The number of aromatic nitrogens is 2. The molecule has 2 aromatic rings. The van der Waals surface area contributed by atoms with Crippen LogP contribution < -0.4 is 5.32 Å². The lowest BCUT2D eigenvalue weighted by Gasteiger charge is -2.15. The number of hydrogen-bond acceptors (Lipinski definition) is 2. The zero-order valence-electron chi connectivity index (χ0n) is 11.5. The molecule has 0 aliphatic carbocycles. The van der Waals surface area contributed by atoms with E-state index in [2.05, 4.69) is 54.6 Å². The lowest BCUT2D eigenvalue weighted by Crippen LogP contribution is -2.18. The van der Waals surface area contributed by atoms with Gasteiger partial charge in [0.1, 0.15) is 0 Å². The second kappa shape index (κ2) is 5.36. The average Bonchev–Trinajstić information content (AvgIpc) is 2.77. The van der Waals surface area contributed by atoms with Crippen LogP contribution in [0, 0.1) is 0 Å². The molecule has 3 nitrogen and oxygen atoms in total. The van der Waals surface area contributed by atoms with E-state index in [4.69, 9.17) is 0 Å². The second-order valence-corrected chi connectivity index (χ2v) is 4.96. The Balaban J connectivity index is 2.28. The molecule has 0 radical (unpaired) electrons. The fourth-order valence-corrected chi connectivity index (χ4v) is 2.15. The lowest BCUT2D eigenvalue weighted by molar-refractivity contribution is 0.641. The van der Waals surface area contributed by atoms with Crippen molar-refractivity contribution >= 4 is 0 Å². The van der Waals surface area contributed by atoms with Crippen LogP contribution in [0.15, 0.2) is 36.5 Å². The van der Waals surface area contributed by atoms with E-state index in [1.807, 2.05) is 25.0 Å². The molecule has 18 heavy (non-hydrogen) atoms. The number of rotatable bonds is 4. The number of aryl methyl sites for hydroxylation is 1. The number of nitrogens with zero attached hydrogens (tertiary/aromatic N) is 2. The highest BCUT2D eigenvalue weighted by atomic mass is 15.3. The predicted molar refractivity (Wildman–Crippen MR) is 74.6 cm³/mol. The molecule has 0 spiro atoms. The average molecular weight is 243 g/mol. The van der Waals surface area contributed by atoms with Gasteiger partial charge in [0.15, 0.2) is 0 Å². The summed E-state index contributed by atoms with van der Waals surface area (Å²) in [7, 11) is 3.91. The fraction of sp³-hybridized carbons (Fsp3) is 0.400. The summed E-state index contributed by atoms with van der Waals surface area (Å²) in [6.07, 6.45) is 1.97. The van der Waals surface area contributed by atoms with Crippen LogP contribution >= 0.6 is 0 Å². The maximum absolute atomic E-state index is 4.47. The summed E-state index contributed by atoms with van der Waals surface area (Å²) in [4.78, 5) is 0. The first-order valence-electron chi connectivity index (χ1n) is 6.38. The van der Waals surface area contributed by atoms with Crippen LogP contribution in [0.4, 0.5) is 0 Å². The van der Waals surface area contributed by atoms with Crippen molar-refractivity contribution in [2.45, 2.75) is 25.8 Å². The van der Waals surface area contributed by atoms with Crippen LogP contribution in [0.1, 0.15) is 42.6 Å². The van der Waals surface area contributed by atoms with E-state index in [0.29, 0.717) is 5.92 Å². The molecule has 0 amide bonds. The molecule has 3 heteroatoms. The van der Waals surface area contributed by atoms with Gasteiger partial charge < -0.3 is 5.32 Å². The minimum absolute atomic E-state index is 0.160. The highest BCUT2D eigenvalue weighted by molar-refractivity contribution is 5.31. The Labute approximate surface area is 109 Å². The van der Waals surface area contributed by atoms with Crippen LogP contribution in [-0.2, 0) is 7.05 Å². The third kappa shape index (κ3) is 2.62. The zero-order chi connectivity index (χ0) is 13.1. The van der Waals surface area contributed by atoms with Crippen molar-refractivity contribution in [2.75, 3.05) is 7.05 Å². The minimum Gasteiger partial charge on any atom is -0.308 e. The van der Waals surface area contributed by atoms with Gasteiger partial charge in [-0.2, -0.15) is 5.10 Å². The molecule has 0 bridgehead atoms. The fourth-order valence-electron chi connectivity index (χ4n) is 2.15. The molecule has 1 aromatic heterocycles. The van der Waals surface area contributed by atoms with Crippen molar-refractivity contribution < 1.29 is 0 Å². The maximum Gasteiger partial charge on any atom is 0.0839 e. The van der Waals surface area contributed by atoms with Gasteiger partial charge in [-0.05, 0) is 30.2 Å². The van der Waals surface area contributed by atoms with E-state index in [1.54, 1.807) is 0 Å². The van der Waals surface area contributed by atoms with Crippen molar-refractivity contribution in [3.8, 4) is 0 Å². The van der Waals surface area contributed by atoms with Crippen LogP contribution in [0.2, 0.25) is 0 Å². The first kappa shape index (κ1) is 12.8. The summed E-state index contributed by atoms with van der Waals surface area (Å²) < 4.78 is 1.84. The van der Waals surface area contributed by atoms with E-state index in [-0.39, 0.29) is 6.04 Å². The van der Waals surface area contributed by atoms with Gasteiger partial charge in [-0.1, -0.05) is 38.1 Å². The SMILES string of the molecule is CNC(c1ccc(C(C)C)cc1)c1ccn(C)n1. The molecule has 1 N–H and O–H groups in total. The van der Waals surface area contributed by atoms with E-state index < -0.39 is 0 Å². The Hall–Kier alpha value is -1.61. The summed E-state index contributed by atoms with van der Waals surface area (Å²) in [5, 5.41) is 7.79. The van der Waals surface area contributed by atoms with Crippen molar-refractivity contribution in [1.29, 1.82) is 0 Å². The van der Waals surface area contributed by atoms with Gasteiger partial charge in [0, 0.05) is 13.2 Å². The first-order chi connectivity index (χ1) is 8.61. The molecule has 2 rings (SSSR count). The van der Waals surface area contributed by atoms with Gasteiger partial charge in [0.05, 0.1) is 11.7 Å². The van der Waals surface area contributed by atoms with Crippen LogP contribution in [0.3, 0.4) is 0 Å². The largest absolute Gasteiger partial charge is 0.308 e. The van der Waals surface area contributed by atoms with Crippen molar-refractivity contribution in [3.63, 3.8) is 0 Å². The standard InChI is InChI=1S/C15H21N3/c1-11(2)12-5-7-13(8-6-12)15(16-3)14-9-10-18(4)17-14/h5-11,15-16H,1-4H3. The quantitative estimate of drug-likeness (QED) is 0.895. The molecule has 0 fully saturated rings. The topological polar surface area (TPSA) is 29.9 Å². The molecule has 96 valence electrons. The van der Waals surface area contributed by atoms with Crippen LogP contribution in [0.25, 0.3) is 0 Å². The number of benzene rings is 1. The Morgan fingerprint density at radius 2 is 1.67 bits per heavy atom. The van der Waals surface area contributed by atoms with Crippen LogP contribution in [-0.4, -0.2) is 16.8 Å². The van der Waals surface area contributed by atoms with Crippen molar-refractivity contribution in [1.82, 2.24) is 15.1 Å². The summed E-state index contributed by atoms with van der Waals surface area (Å²) in [6.45, 7) is 4.42. The third-order valence-corrected chi connectivity index (χ3v) is 3.26. The molecule has 1 atom stereocenters. The first-order valence-corrected chi connectivity index (χ1v) is 6.38. The highest BCUT2D eigenvalue weighted by Crippen LogP contribution is 2.22. The highest BCUT2D eigenvalue weighted by Gasteiger charge is 2.14. The summed E-state index contributed by atoms with van der Waals surface area (Å²) in [5.74, 6) is 0.571. The van der Waals surface area contributed by atoms with Gasteiger partial charge in [0.2, 0.25) is 0 Å². The van der Waals surface area contributed by atoms with Gasteiger partial charge >= 0.3 is 0 Å². The van der Waals surface area contributed by atoms with Gasteiger partial charge in [-0.25, -0.2) is 0 Å². The molecule has 1 unspecified atom stereocenters. The summed E-state index contributed by atoms with van der Waals surface area (Å²) in [5.41, 5.74) is 3.67. The normalized spacial score (nSPS) is 12.9. The minimum atomic E-state index is 0.160. The molecule has 1 heterocycles. The third-order valence-electron chi connectivity index (χ3n) is 3.26. The summed E-state index contributed by atoms with van der Waals surface area (Å²) >= 11 is 0. The van der Waals surface area contributed by atoms with E-state index >= 15 is 0 Å². The van der Waals surface area contributed by atoms with Gasteiger partial charge in [-0.15, -0.1) is 0 Å². The monoisotopic (exact) mass is 243 g/mol. The Morgan fingerprint density at radius 1 is 1.06 bits per heavy atom. The molecule has 1 aromatic carbocycles. The predicted octanol–water partition coefficient (Wildman–Crippen LogP) is 2.85. The zero-order valence-corrected chi connectivity index (χ0v) is 11.5. The summed E-state index contributed by atoms with van der Waals surface area (Å²) in [6, 6.07) is 11.0. The molecular weight excluding hydrogens is 222 g/mol. The van der Waals surface area contributed by atoms with Crippen molar-refractivity contribution in [2.24, 2.45) is 7.05 Å². The number of hydrogen-bond donors (Lipinski definition) is 1. The van der Waals surface area contributed by atoms with E-state index in [9.17, 15) is 0 Å². The second-order valence-electron chi connectivity index (χ2n) is 4.96.